The molecule has 0 spiro atoms. The minimum atomic E-state index is -0.373. The third-order valence-electron chi connectivity index (χ3n) is 2.82. The Bertz CT molecular complexity index is 702. The number of carbonyl (C=O) groups excluding carboxylic acids is 1. The molecule has 2 aromatic carbocycles. The van der Waals surface area contributed by atoms with E-state index in [0.29, 0.717) is 22.4 Å². The molecule has 0 aliphatic rings. The molecule has 0 atom stereocenters. The Morgan fingerprint density at radius 2 is 2.00 bits per heavy atom. The molecule has 0 aliphatic carbocycles. The molecule has 0 saturated heterocycles. The first-order chi connectivity index (χ1) is 10.6. The van der Waals surface area contributed by atoms with E-state index in [2.05, 4.69) is 0 Å². The SMILES string of the molecule is NNC(=O)/C=C/c1cccc(OCc2ccc(Cl)c(Cl)c2)c1. The van der Waals surface area contributed by atoms with Gasteiger partial charge in [-0.3, -0.25) is 10.2 Å². The van der Waals surface area contributed by atoms with E-state index in [1.54, 1.807) is 18.2 Å². The van der Waals surface area contributed by atoms with Crippen molar-refractivity contribution in [1.82, 2.24) is 5.43 Å². The zero-order valence-corrected chi connectivity index (χ0v) is 13.1. The Balaban J connectivity index is 2.02. The van der Waals surface area contributed by atoms with Crippen LogP contribution >= 0.6 is 23.2 Å². The molecule has 2 rings (SSSR count). The minimum Gasteiger partial charge on any atom is -0.489 e. The zero-order valence-electron chi connectivity index (χ0n) is 11.6. The van der Waals surface area contributed by atoms with E-state index in [4.69, 9.17) is 33.8 Å². The van der Waals surface area contributed by atoms with Gasteiger partial charge in [0.2, 0.25) is 0 Å². The number of hydrogen-bond acceptors (Lipinski definition) is 3. The van der Waals surface area contributed by atoms with Gasteiger partial charge in [0.15, 0.2) is 0 Å². The Hall–Kier alpha value is -2.01. The highest BCUT2D eigenvalue weighted by Crippen LogP contribution is 2.23. The second-order valence-corrected chi connectivity index (χ2v) is 5.27. The summed E-state index contributed by atoms with van der Waals surface area (Å²) in [6.45, 7) is 0.368. The third-order valence-corrected chi connectivity index (χ3v) is 3.56. The number of hydrogen-bond donors (Lipinski definition) is 2. The van der Waals surface area contributed by atoms with Crippen LogP contribution in [0.15, 0.2) is 48.5 Å². The van der Waals surface area contributed by atoms with Crippen LogP contribution in [0.3, 0.4) is 0 Å². The maximum Gasteiger partial charge on any atom is 0.257 e. The quantitative estimate of drug-likeness (QED) is 0.379. The topological polar surface area (TPSA) is 64.3 Å². The van der Waals surface area contributed by atoms with Crippen molar-refractivity contribution in [2.75, 3.05) is 0 Å². The normalized spacial score (nSPS) is 10.7. The molecule has 114 valence electrons. The number of ether oxygens (including phenoxy) is 1. The molecular formula is C16H14Cl2N2O2. The van der Waals surface area contributed by atoms with Gasteiger partial charge in [0.1, 0.15) is 12.4 Å². The Morgan fingerprint density at radius 1 is 1.18 bits per heavy atom. The molecule has 0 saturated carbocycles. The highest BCUT2D eigenvalue weighted by molar-refractivity contribution is 6.42. The van der Waals surface area contributed by atoms with Gasteiger partial charge in [0.05, 0.1) is 10.0 Å². The first kappa shape index (κ1) is 16.4. The first-order valence-corrected chi connectivity index (χ1v) is 7.19. The van der Waals surface area contributed by atoms with Crippen molar-refractivity contribution in [1.29, 1.82) is 0 Å². The molecule has 0 heterocycles. The minimum absolute atomic E-state index is 0.368. The fourth-order valence-electron chi connectivity index (χ4n) is 1.72. The van der Waals surface area contributed by atoms with E-state index in [0.717, 1.165) is 11.1 Å². The summed E-state index contributed by atoms with van der Waals surface area (Å²) in [7, 11) is 0. The summed E-state index contributed by atoms with van der Waals surface area (Å²) >= 11 is 11.8. The van der Waals surface area contributed by atoms with Gasteiger partial charge < -0.3 is 4.74 Å². The van der Waals surface area contributed by atoms with Crippen molar-refractivity contribution in [3.8, 4) is 5.75 Å². The van der Waals surface area contributed by atoms with E-state index in [1.807, 2.05) is 35.8 Å². The lowest BCUT2D eigenvalue weighted by Gasteiger charge is -2.08. The Labute approximate surface area is 138 Å². The summed E-state index contributed by atoms with van der Waals surface area (Å²) in [5.41, 5.74) is 3.77. The van der Waals surface area contributed by atoms with Crippen molar-refractivity contribution in [3.63, 3.8) is 0 Å². The van der Waals surface area contributed by atoms with Crippen LogP contribution < -0.4 is 16.0 Å². The van der Waals surface area contributed by atoms with Gasteiger partial charge >= 0.3 is 0 Å². The number of rotatable bonds is 5. The van der Waals surface area contributed by atoms with Gasteiger partial charge in [-0.15, -0.1) is 0 Å². The fourth-order valence-corrected chi connectivity index (χ4v) is 2.04. The third kappa shape index (κ3) is 4.77. The maximum atomic E-state index is 11.1. The summed E-state index contributed by atoms with van der Waals surface area (Å²) in [6, 6.07) is 12.7. The molecule has 6 heteroatoms. The number of amides is 1. The zero-order chi connectivity index (χ0) is 15.9. The summed E-state index contributed by atoms with van der Waals surface area (Å²) in [5, 5.41) is 1.00. The van der Waals surface area contributed by atoms with Gasteiger partial charge in [0, 0.05) is 6.08 Å². The van der Waals surface area contributed by atoms with E-state index in [9.17, 15) is 4.79 Å². The van der Waals surface area contributed by atoms with Crippen LogP contribution in [0.25, 0.3) is 6.08 Å². The number of carbonyl (C=O) groups is 1. The van der Waals surface area contributed by atoms with E-state index >= 15 is 0 Å². The van der Waals surface area contributed by atoms with Crippen molar-refractivity contribution in [2.45, 2.75) is 6.61 Å². The molecule has 0 bridgehead atoms. The van der Waals surface area contributed by atoms with Gasteiger partial charge in [-0.05, 0) is 41.5 Å². The van der Waals surface area contributed by atoms with E-state index in [-0.39, 0.29) is 5.91 Å². The summed E-state index contributed by atoms with van der Waals surface area (Å²) in [4.78, 5) is 11.1. The van der Waals surface area contributed by atoms with Crippen LogP contribution in [-0.2, 0) is 11.4 Å². The number of hydrazine groups is 1. The fraction of sp³-hybridized carbons (Fsp3) is 0.0625. The molecule has 0 fully saturated rings. The standard InChI is InChI=1S/C16H14Cl2N2O2/c17-14-6-4-12(9-15(14)18)10-22-13-3-1-2-11(8-13)5-7-16(21)20-19/h1-9H,10,19H2,(H,20,21)/b7-5+. The van der Waals surface area contributed by atoms with Crippen LogP contribution in [0.5, 0.6) is 5.75 Å². The average Bonchev–Trinajstić information content (AvgIpc) is 2.54. The van der Waals surface area contributed by atoms with Gasteiger partial charge in [-0.2, -0.15) is 0 Å². The van der Waals surface area contributed by atoms with E-state index in [1.165, 1.54) is 6.08 Å². The molecular weight excluding hydrogens is 323 g/mol. The largest absolute Gasteiger partial charge is 0.489 e. The van der Waals surface area contributed by atoms with Gasteiger partial charge in [-0.25, -0.2) is 5.84 Å². The monoisotopic (exact) mass is 336 g/mol. The number of benzene rings is 2. The molecule has 0 aromatic heterocycles. The average molecular weight is 337 g/mol. The molecule has 0 unspecified atom stereocenters. The molecule has 0 radical (unpaired) electrons. The highest BCUT2D eigenvalue weighted by atomic mass is 35.5. The predicted octanol–water partition coefficient (Wildman–Crippen LogP) is 3.58. The first-order valence-electron chi connectivity index (χ1n) is 6.44. The molecule has 3 N–H and O–H groups in total. The van der Waals surface area contributed by atoms with Crippen LogP contribution in [0.4, 0.5) is 0 Å². The van der Waals surface area contributed by atoms with Crippen LogP contribution in [0.2, 0.25) is 10.0 Å². The van der Waals surface area contributed by atoms with E-state index < -0.39 is 0 Å². The Kier molecular flexibility index (Phi) is 5.83. The molecule has 22 heavy (non-hydrogen) atoms. The lowest BCUT2D eigenvalue weighted by Crippen LogP contribution is -2.27. The summed E-state index contributed by atoms with van der Waals surface area (Å²) < 4.78 is 5.70. The van der Waals surface area contributed by atoms with Crippen molar-refractivity contribution >= 4 is 35.2 Å². The predicted molar refractivity (Wildman–Crippen MR) is 88.6 cm³/mol. The molecule has 0 aliphatic heterocycles. The second kappa shape index (κ2) is 7.84. The van der Waals surface area contributed by atoms with Crippen molar-refractivity contribution in [2.24, 2.45) is 5.84 Å². The molecule has 4 nitrogen and oxygen atoms in total. The van der Waals surface area contributed by atoms with Crippen LogP contribution in [0.1, 0.15) is 11.1 Å². The van der Waals surface area contributed by atoms with Gasteiger partial charge in [-0.1, -0.05) is 41.4 Å². The molecule has 1 amide bonds. The second-order valence-electron chi connectivity index (χ2n) is 4.45. The maximum absolute atomic E-state index is 11.1. The summed E-state index contributed by atoms with van der Waals surface area (Å²) in [6.07, 6.45) is 2.99. The smallest absolute Gasteiger partial charge is 0.257 e. The number of nitrogens with one attached hydrogen (secondary N) is 1. The summed E-state index contributed by atoms with van der Waals surface area (Å²) in [5.74, 6) is 5.31. The van der Waals surface area contributed by atoms with Crippen LogP contribution in [0, 0.1) is 0 Å². The van der Waals surface area contributed by atoms with Gasteiger partial charge in [0.25, 0.3) is 5.91 Å². The Morgan fingerprint density at radius 3 is 2.73 bits per heavy atom. The molecule has 2 aromatic rings. The highest BCUT2D eigenvalue weighted by Gasteiger charge is 2.01. The lowest BCUT2D eigenvalue weighted by atomic mass is 10.2. The van der Waals surface area contributed by atoms with Crippen molar-refractivity contribution < 1.29 is 9.53 Å². The van der Waals surface area contributed by atoms with Crippen molar-refractivity contribution in [3.05, 3.63) is 69.7 Å². The number of nitrogens with two attached hydrogens (primary N) is 1. The number of halogens is 2. The van der Waals surface area contributed by atoms with Crippen LogP contribution in [-0.4, -0.2) is 5.91 Å². The lowest BCUT2D eigenvalue weighted by molar-refractivity contribution is -0.116.